The van der Waals surface area contributed by atoms with Crippen LogP contribution in [0.4, 0.5) is 10.1 Å². The first-order chi connectivity index (χ1) is 18.9. The molecule has 0 unspecified atom stereocenters. The summed E-state index contributed by atoms with van der Waals surface area (Å²) in [6, 6.07) is 19.3. The van der Waals surface area contributed by atoms with Crippen molar-refractivity contribution < 1.29 is 22.3 Å². The standard InChI is InChI=1S/C30H28FN3O4S/c1-2-34-29-11-10-24(39(36,37)33-12-14-38-15-13-33)18-26(29)27(30(34)35)17-22-20-32(28-9-4-3-8-25(22)28)19-21-6-5-7-23(31)16-21/h3-11,16-18,20H,2,12-15,19H2,1H3/b27-17-. The SMILES string of the molecule is CCN1C(=O)/C(=C\c2cn(Cc3cccc(F)c3)c3ccccc23)c2cc(S(=O)(=O)N3CCOCC3)ccc21. The fourth-order valence-electron chi connectivity index (χ4n) is 5.39. The number of fused-ring (bicyclic) bond motifs is 2. The number of carbonyl (C=O) groups is 1. The maximum atomic E-state index is 13.8. The number of carbonyl (C=O) groups excluding carboxylic acids is 1. The van der Waals surface area contributed by atoms with Gasteiger partial charge in [0.05, 0.1) is 23.8 Å². The van der Waals surface area contributed by atoms with E-state index in [4.69, 9.17) is 4.74 Å². The van der Waals surface area contributed by atoms with Crippen molar-refractivity contribution in [2.45, 2.75) is 18.4 Å². The normalized spacial score (nSPS) is 17.3. The number of anilines is 1. The third kappa shape index (κ3) is 4.56. The Kier molecular flexibility index (Phi) is 6.58. The van der Waals surface area contributed by atoms with Crippen molar-refractivity contribution in [3.05, 3.63) is 95.4 Å². The van der Waals surface area contributed by atoms with E-state index in [9.17, 15) is 17.6 Å². The topological polar surface area (TPSA) is 71.9 Å². The van der Waals surface area contributed by atoms with E-state index in [0.29, 0.717) is 56.2 Å². The number of hydrogen-bond donors (Lipinski definition) is 0. The highest BCUT2D eigenvalue weighted by molar-refractivity contribution is 7.89. The van der Waals surface area contributed by atoms with E-state index in [2.05, 4.69) is 0 Å². The Labute approximate surface area is 226 Å². The number of aromatic nitrogens is 1. The number of sulfonamides is 1. The molecule has 1 amide bonds. The lowest BCUT2D eigenvalue weighted by molar-refractivity contribution is -0.112. The number of amides is 1. The number of hydrogen-bond acceptors (Lipinski definition) is 4. The molecular formula is C30H28FN3O4S. The van der Waals surface area contributed by atoms with E-state index in [1.54, 1.807) is 29.2 Å². The van der Waals surface area contributed by atoms with Gasteiger partial charge in [-0.3, -0.25) is 4.79 Å². The summed E-state index contributed by atoms with van der Waals surface area (Å²) in [4.78, 5) is 15.4. The first kappa shape index (κ1) is 25.5. The second kappa shape index (κ2) is 10.1. The molecule has 3 heterocycles. The number of rotatable bonds is 6. The Hall–Kier alpha value is -3.79. The van der Waals surface area contributed by atoms with Gasteiger partial charge >= 0.3 is 0 Å². The summed E-state index contributed by atoms with van der Waals surface area (Å²) in [5.74, 6) is -0.461. The van der Waals surface area contributed by atoms with Gasteiger partial charge in [0.1, 0.15) is 5.82 Å². The molecule has 1 aromatic heterocycles. The lowest BCUT2D eigenvalue weighted by Gasteiger charge is -2.26. The minimum atomic E-state index is -3.73. The molecule has 1 fully saturated rings. The molecule has 39 heavy (non-hydrogen) atoms. The van der Waals surface area contributed by atoms with Crippen LogP contribution in [0, 0.1) is 5.82 Å². The Balaban J connectivity index is 1.45. The van der Waals surface area contributed by atoms with Gasteiger partial charge < -0.3 is 14.2 Å². The molecule has 3 aromatic carbocycles. The van der Waals surface area contributed by atoms with Crippen molar-refractivity contribution in [1.82, 2.24) is 8.87 Å². The van der Waals surface area contributed by atoms with E-state index in [-0.39, 0.29) is 16.6 Å². The number of halogens is 1. The molecule has 0 N–H and O–H groups in total. The molecule has 9 heteroatoms. The van der Waals surface area contributed by atoms with Gasteiger partial charge in [-0.25, -0.2) is 12.8 Å². The van der Waals surface area contributed by atoms with E-state index in [1.165, 1.54) is 16.4 Å². The number of likely N-dealkylation sites (N-methyl/N-ethyl adjacent to an activating group) is 1. The third-order valence-electron chi connectivity index (χ3n) is 7.31. The zero-order chi connectivity index (χ0) is 27.1. The Morgan fingerprint density at radius 1 is 1.00 bits per heavy atom. The smallest absolute Gasteiger partial charge is 0.258 e. The summed E-state index contributed by atoms with van der Waals surface area (Å²) in [5.41, 5.74) is 4.34. The maximum Gasteiger partial charge on any atom is 0.258 e. The fourth-order valence-corrected chi connectivity index (χ4v) is 6.83. The first-order valence-electron chi connectivity index (χ1n) is 12.9. The number of nitrogens with zero attached hydrogens (tertiary/aromatic N) is 3. The van der Waals surface area contributed by atoms with Crippen molar-refractivity contribution in [3.8, 4) is 0 Å². The van der Waals surface area contributed by atoms with Crippen LogP contribution in [0.3, 0.4) is 0 Å². The van der Waals surface area contributed by atoms with Gasteiger partial charge in [-0.2, -0.15) is 4.31 Å². The molecule has 4 aromatic rings. The molecule has 200 valence electrons. The molecule has 0 saturated carbocycles. The predicted molar refractivity (Wildman–Crippen MR) is 149 cm³/mol. The maximum absolute atomic E-state index is 13.8. The lowest BCUT2D eigenvalue weighted by Crippen LogP contribution is -2.40. The highest BCUT2D eigenvalue weighted by Gasteiger charge is 2.34. The van der Waals surface area contributed by atoms with Gasteiger partial charge in [0, 0.05) is 60.0 Å². The highest BCUT2D eigenvalue weighted by Crippen LogP contribution is 2.40. The largest absolute Gasteiger partial charge is 0.379 e. The summed E-state index contributed by atoms with van der Waals surface area (Å²) >= 11 is 0. The summed E-state index contributed by atoms with van der Waals surface area (Å²) in [6.07, 6.45) is 3.80. The van der Waals surface area contributed by atoms with Crippen LogP contribution in [-0.4, -0.2) is 56.0 Å². The van der Waals surface area contributed by atoms with Gasteiger partial charge in [0.2, 0.25) is 10.0 Å². The van der Waals surface area contributed by atoms with Crippen LogP contribution in [0.5, 0.6) is 0 Å². The fraction of sp³-hybridized carbons (Fsp3) is 0.233. The molecule has 0 spiro atoms. The average Bonchev–Trinajstić information content (AvgIpc) is 3.42. The van der Waals surface area contributed by atoms with Crippen LogP contribution in [0.25, 0.3) is 22.6 Å². The predicted octanol–water partition coefficient (Wildman–Crippen LogP) is 4.76. The lowest BCUT2D eigenvalue weighted by atomic mass is 10.0. The summed E-state index contributed by atoms with van der Waals surface area (Å²) in [5, 5.41) is 0.947. The van der Waals surface area contributed by atoms with Gasteiger partial charge in [0.15, 0.2) is 0 Å². The Morgan fingerprint density at radius 2 is 1.79 bits per heavy atom. The molecule has 0 aliphatic carbocycles. The molecule has 0 radical (unpaired) electrons. The van der Waals surface area contributed by atoms with Crippen molar-refractivity contribution >= 4 is 44.2 Å². The minimum absolute atomic E-state index is 0.160. The van der Waals surface area contributed by atoms with Gasteiger partial charge in [-0.1, -0.05) is 30.3 Å². The van der Waals surface area contributed by atoms with E-state index in [1.807, 2.05) is 54.1 Å². The quantitative estimate of drug-likeness (QED) is 0.328. The zero-order valence-electron chi connectivity index (χ0n) is 21.5. The van der Waals surface area contributed by atoms with Crippen LogP contribution in [0.1, 0.15) is 23.6 Å². The van der Waals surface area contributed by atoms with Crippen molar-refractivity contribution in [2.24, 2.45) is 0 Å². The molecule has 2 aliphatic heterocycles. The minimum Gasteiger partial charge on any atom is -0.379 e. The number of benzene rings is 3. The van der Waals surface area contributed by atoms with Crippen LogP contribution < -0.4 is 4.90 Å². The van der Waals surface area contributed by atoms with E-state index < -0.39 is 10.0 Å². The van der Waals surface area contributed by atoms with Crippen molar-refractivity contribution in [1.29, 1.82) is 0 Å². The van der Waals surface area contributed by atoms with Crippen LogP contribution in [0.2, 0.25) is 0 Å². The number of ether oxygens (including phenoxy) is 1. The van der Waals surface area contributed by atoms with Crippen LogP contribution >= 0.6 is 0 Å². The summed E-state index contributed by atoms with van der Waals surface area (Å²) < 4.78 is 49.4. The van der Waals surface area contributed by atoms with E-state index in [0.717, 1.165) is 22.0 Å². The zero-order valence-corrected chi connectivity index (χ0v) is 22.3. The monoisotopic (exact) mass is 545 g/mol. The summed E-state index contributed by atoms with van der Waals surface area (Å²) in [6.45, 7) is 4.14. The molecule has 6 rings (SSSR count). The molecular weight excluding hydrogens is 517 g/mol. The number of para-hydroxylation sites is 1. The second-order valence-corrected chi connectivity index (χ2v) is 11.6. The summed E-state index contributed by atoms with van der Waals surface area (Å²) in [7, 11) is -3.73. The molecule has 1 saturated heterocycles. The molecule has 7 nitrogen and oxygen atoms in total. The average molecular weight is 546 g/mol. The first-order valence-corrected chi connectivity index (χ1v) is 14.4. The molecule has 0 bridgehead atoms. The Bertz CT molecular complexity index is 1720. The van der Waals surface area contributed by atoms with Crippen LogP contribution in [-0.2, 0) is 26.1 Å². The van der Waals surface area contributed by atoms with Gasteiger partial charge in [0.25, 0.3) is 5.91 Å². The second-order valence-electron chi connectivity index (χ2n) is 9.66. The van der Waals surface area contributed by atoms with Gasteiger partial charge in [-0.05, 0) is 55.0 Å². The van der Waals surface area contributed by atoms with Crippen molar-refractivity contribution in [3.63, 3.8) is 0 Å². The molecule has 0 atom stereocenters. The van der Waals surface area contributed by atoms with Gasteiger partial charge in [-0.15, -0.1) is 0 Å². The highest BCUT2D eigenvalue weighted by atomic mass is 32.2. The number of morpholine rings is 1. The molecule has 2 aliphatic rings. The Morgan fingerprint density at radius 3 is 2.56 bits per heavy atom. The van der Waals surface area contributed by atoms with Crippen LogP contribution in [0.15, 0.2) is 77.8 Å². The third-order valence-corrected chi connectivity index (χ3v) is 9.20. The van der Waals surface area contributed by atoms with Crippen molar-refractivity contribution in [2.75, 3.05) is 37.7 Å². The van der Waals surface area contributed by atoms with E-state index >= 15 is 0 Å².